The van der Waals surface area contributed by atoms with E-state index in [0.29, 0.717) is 13.1 Å². The zero-order valence-electron chi connectivity index (χ0n) is 15.1. The van der Waals surface area contributed by atoms with E-state index in [1.54, 1.807) is 0 Å². The van der Waals surface area contributed by atoms with Gasteiger partial charge in [-0.2, -0.15) is 0 Å². The Kier molecular flexibility index (Phi) is 6.15. The molecule has 3 rings (SSSR count). The minimum Gasteiger partial charge on any atom is -0.393 e. The van der Waals surface area contributed by atoms with Crippen molar-refractivity contribution in [2.24, 2.45) is 5.92 Å². The molecular formula is C19H30N4O2. The van der Waals surface area contributed by atoms with Crippen molar-refractivity contribution in [2.75, 3.05) is 44.7 Å². The standard InChI is InChI=1S/C19H30N4O2/c1-22-9-11-23(12-10-22)17-7-3-2-5-15(17)13-20-19(25)21-14-16-6-4-8-18(16)24/h2-3,5,7,16,18,24H,4,6,8-14H2,1H3,(H2,20,21,25). The monoisotopic (exact) mass is 346 g/mol. The fourth-order valence-corrected chi connectivity index (χ4v) is 3.73. The van der Waals surface area contributed by atoms with Crippen LogP contribution in [-0.4, -0.2) is 61.9 Å². The van der Waals surface area contributed by atoms with E-state index in [2.05, 4.69) is 45.7 Å². The maximum Gasteiger partial charge on any atom is 0.315 e. The summed E-state index contributed by atoms with van der Waals surface area (Å²) in [6.45, 7) is 5.21. The Bertz CT molecular complexity index is 572. The van der Waals surface area contributed by atoms with Gasteiger partial charge >= 0.3 is 6.03 Å². The summed E-state index contributed by atoms with van der Waals surface area (Å²) < 4.78 is 0. The van der Waals surface area contributed by atoms with Gasteiger partial charge in [0.15, 0.2) is 0 Å². The van der Waals surface area contributed by atoms with Crippen molar-refractivity contribution in [3.8, 4) is 0 Å². The van der Waals surface area contributed by atoms with Gasteiger partial charge in [-0.3, -0.25) is 0 Å². The van der Waals surface area contributed by atoms with Gasteiger partial charge in [-0.25, -0.2) is 4.79 Å². The predicted octanol–water partition coefficient (Wildman–Crippen LogP) is 1.40. The minimum atomic E-state index is -0.266. The zero-order chi connectivity index (χ0) is 17.6. The van der Waals surface area contributed by atoms with Crippen LogP contribution in [0.15, 0.2) is 24.3 Å². The van der Waals surface area contributed by atoms with Gasteiger partial charge in [0.1, 0.15) is 0 Å². The van der Waals surface area contributed by atoms with Gasteiger partial charge in [0.2, 0.25) is 0 Å². The number of likely N-dealkylation sites (N-methyl/N-ethyl adjacent to an activating group) is 1. The summed E-state index contributed by atoms with van der Waals surface area (Å²) in [5.41, 5.74) is 2.35. The molecule has 0 spiro atoms. The van der Waals surface area contributed by atoms with Crippen LogP contribution < -0.4 is 15.5 Å². The van der Waals surface area contributed by atoms with Gasteiger partial charge in [0, 0.05) is 50.9 Å². The molecule has 1 aliphatic heterocycles. The number of carbonyl (C=O) groups is 1. The second-order valence-corrected chi connectivity index (χ2v) is 7.24. The van der Waals surface area contributed by atoms with E-state index >= 15 is 0 Å². The first-order chi connectivity index (χ1) is 12.1. The van der Waals surface area contributed by atoms with E-state index in [9.17, 15) is 9.90 Å². The first-order valence-corrected chi connectivity index (χ1v) is 9.34. The molecule has 0 radical (unpaired) electrons. The topological polar surface area (TPSA) is 67.8 Å². The molecule has 1 heterocycles. The molecule has 0 bridgehead atoms. The van der Waals surface area contributed by atoms with Gasteiger partial charge in [-0.05, 0) is 31.5 Å². The largest absolute Gasteiger partial charge is 0.393 e. The van der Waals surface area contributed by atoms with Crippen molar-refractivity contribution >= 4 is 11.7 Å². The number of amides is 2. The molecule has 6 heteroatoms. The van der Waals surface area contributed by atoms with Crippen LogP contribution in [0.1, 0.15) is 24.8 Å². The van der Waals surface area contributed by atoms with E-state index in [1.807, 2.05) is 6.07 Å². The van der Waals surface area contributed by atoms with Crippen LogP contribution in [0.25, 0.3) is 0 Å². The predicted molar refractivity (Wildman–Crippen MR) is 99.7 cm³/mol. The number of urea groups is 1. The number of aliphatic hydroxyl groups excluding tert-OH is 1. The van der Waals surface area contributed by atoms with Gasteiger partial charge in [-0.15, -0.1) is 0 Å². The molecule has 3 N–H and O–H groups in total. The maximum atomic E-state index is 12.1. The van der Waals surface area contributed by atoms with Gasteiger partial charge in [0.25, 0.3) is 0 Å². The fourth-order valence-electron chi connectivity index (χ4n) is 3.73. The van der Waals surface area contributed by atoms with E-state index < -0.39 is 0 Å². The van der Waals surface area contributed by atoms with E-state index in [1.165, 1.54) is 5.69 Å². The molecule has 1 aromatic carbocycles. The highest BCUT2D eigenvalue weighted by Gasteiger charge is 2.25. The van der Waals surface area contributed by atoms with E-state index in [0.717, 1.165) is 51.0 Å². The van der Waals surface area contributed by atoms with Gasteiger partial charge in [-0.1, -0.05) is 24.6 Å². The smallest absolute Gasteiger partial charge is 0.315 e. The number of rotatable bonds is 5. The highest BCUT2D eigenvalue weighted by molar-refractivity contribution is 5.74. The normalized spacial score (nSPS) is 24.3. The first kappa shape index (κ1) is 18.0. The lowest BCUT2D eigenvalue weighted by atomic mass is 10.1. The number of para-hydroxylation sites is 1. The van der Waals surface area contributed by atoms with Crippen molar-refractivity contribution < 1.29 is 9.90 Å². The van der Waals surface area contributed by atoms with Crippen molar-refractivity contribution in [3.05, 3.63) is 29.8 Å². The number of carbonyl (C=O) groups excluding carboxylic acids is 1. The Hall–Kier alpha value is -1.79. The SMILES string of the molecule is CN1CCN(c2ccccc2CNC(=O)NCC2CCCC2O)CC1. The summed E-state index contributed by atoms with van der Waals surface area (Å²) in [4.78, 5) is 16.8. The van der Waals surface area contributed by atoms with Crippen molar-refractivity contribution in [1.82, 2.24) is 15.5 Å². The third kappa shape index (κ3) is 4.86. The van der Waals surface area contributed by atoms with Crippen LogP contribution in [0.3, 0.4) is 0 Å². The molecule has 6 nitrogen and oxygen atoms in total. The quantitative estimate of drug-likeness (QED) is 0.754. The lowest BCUT2D eigenvalue weighted by Gasteiger charge is -2.35. The summed E-state index contributed by atoms with van der Waals surface area (Å²) >= 11 is 0. The molecule has 2 unspecified atom stereocenters. The van der Waals surface area contributed by atoms with Crippen molar-refractivity contribution in [1.29, 1.82) is 0 Å². The number of hydrogen-bond acceptors (Lipinski definition) is 4. The lowest BCUT2D eigenvalue weighted by Crippen LogP contribution is -2.45. The van der Waals surface area contributed by atoms with Gasteiger partial charge in [0.05, 0.1) is 6.10 Å². The molecule has 1 saturated carbocycles. The molecule has 1 aliphatic carbocycles. The second-order valence-electron chi connectivity index (χ2n) is 7.24. The molecule has 2 aliphatic rings. The first-order valence-electron chi connectivity index (χ1n) is 9.34. The van der Waals surface area contributed by atoms with Crippen molar-refractivity contribution in [2.45, 2.75) is 31.9 Å². The summed E-state index contributed by atoms with van der Waals surface area (Å²) in [5, 5.41) is 15.7. The number of nitrogens with zero attached hydrogens (tertiary/aromatic N) is 2. The maximum absolute atomic E-state index is 12.1. The molecule has 1 saturated heterocycles. The average molecular weight is 346 g/mol. The van der Waals surface area contributed by atoms with Crippen LogP contribution in [0.4, 0.5) is 10.5 Å². The Labute approximate surface area is 150 Å². The van der Waals surface area contributed by atoms with Crippen LogP contribution in [0, 0.1) is 5.92 Å². The Morgan fingerprint density at radius 3 is 2.64 bits per heavy atom. The number of benzene rings is 1. The number of nitrogens with one attached hydrogen (secondary N) is 2. The van der Waals surface area contributed by atoms with E-state index in [-0.39, 0.29) is 18.1 Å². The van der Waals surface area contributed by atoms with Crippen LogP contribution >= 0.6 is 0 Å². The second kappa shape index (κ2) is 8.54. The third-order valence-corrected chi connectivity index (χ3v) is 5.42. The summed E-state index contributed by atoms with van der Waals surface area (Å²) in [5.74, 6) is 0.198. The van der Waals surface area contributed by atoms with Gasteiger partial charge < -0.3 is 25.5 Å². The number of piperazine rings is 1. The highest BCUT2D eigenvalue weighted by Crippen LogP contribution is 2.24. The molecule has 25 heavy (non-hydrogen) atoms. The summed E-state index contributed by atoms with van der Waals surface area (Å²) in [6, 6.07) is 8.12. The zero-order valence-corrected chi connectivity index (χ0v) is 15.1. The molecule has 138 valence electrons. The molecule has 0 aromatic heterocycles. The highest BCUT2D eigenvalue weighted by atomic mass is 16.3. The third-order valence-electron chi connectivity index (χ3n) is 5.42. The van der Waals surface area contributed by atoms with Crippen LogP contribution in [0.2, 0.25) is 0 Å². The summed E-state index contributed by atoms with van der Waals surface area (Å²) in [6.07, 6.45) is 2.63. The number of anilines is 1. The Morgan fingerprint density at radius 1 is 1.16 bits per heavy atom. The Morgan fingerprint density at radius 2 is 1.92 bits per heavy atom. The molecular weight excluding hydrogens is 316 g/mol. The Balaban J connectivity index is 1.50. The molecule has 1 aromatic rings. The van der Waals surface area contributed by atoms with Crippen LogP contribution in [-0.2, 0) is 6.54 Å². The average Bonchev–Trinajstić information content (AvgIpc) is 3.04. The fraction of sp³-hybridized carbons (Fsp3) is 0.632. The van der Waals surface area contributed by atoms with Crippen LogP contribution in [0.5, 0.6) is 0 Å². The molecule has 2 atom stereocenters. The summed E-state index contributed by atoms with van der Waals surface area (Å²) in [7, 11) is 2.15. The minimum absolute atomic E-state index is 0.160. The van der Waals surface area contributed by atoms with E-state index in [4.69, 9.17) is 0 Å². The number of hydrogen-bond donors (Lipinski definition) is 3. The number of aliphatic hydroxyl groups is 1. The molecule has 2 fully saturated rings. The molecule has 2 amide bonds. The van der Waals surface area contributed by atoms with Crippen molar-refractivity contribution in [3.63, 3.8) is 0 Å². The lowest BCUT2D eigenvalue weighted by molar-refractivity contribution is 0.132.